The smallest absolute Gasteiger partial charge is 0.262 e. The van der Waals surface area contributed by atoms with Gasteiger partial charge in [0.2, 0.25) is 0 Å². The van der Waals surface area contributed by atoms with E-state index in [1.165, 1.54) is 0 Å². The Morgan fingerprint density at radius 2 is 1.79 bits per heavy atom. The number of nitrogens with zero attached hydrogens (tertiary/aromatic N) is 3. The molecule has 0 saturated carbocycles. The van der Waals surface area contributed by atoms with Gasteiger partial charge in [0.25, 0.3) is 11.5 Å². The van der Waals surface area contributed by atoms with Crippen molar-refractivity contribution < 1.29 is 14.3 Å². The second kappa shape index (κ2) is 11.4. The maximum atomic E-state index is 13.1. The largest absolute Gasteiger partial charge is 0.492 e. The van der Waals surface area contributed by atoms with E-state index in [1.54, 1.807) is 29.9 Å². The molecule has 1 amide bonds. The van der Waals surface area contributed by atoms with Gasteiger partial charge in [-0.15, -0.1) is 0 Å². The lowest BCUT2D eigenvalue weighted by Crippen LogP contribution is -2.49. The Kier molecular flexibility index (Phi) is 8.10. The average molecular weight is 483 g/mol. The highest BCUT2D eigenvalue weighted by Gasteiger charge is 2.22. The van der Waals surface area contributed by atoms with Crippen molar-refractivity contribution in [2.45, 2.75) is 13.0 Å². The second-order valence-electron chi connectivity index (χ2n) is 8.29. The highest BCUT2D eigenvalue weighted by Crippen LogP contribution is 2.15. The average Bonchev–Trinajstić information content (AvgIpc) is 2.86. The molecule has 8 nitrogen and oxygen atoms in total. The number of benzene rings is 2. The quantitative estimate of drug-likeness (QED) is 0.373. The molecular formula is C25H30N4O4S. The highest BCUT2D eigenvalue weighted by molar-refractivity contribution is 7.71. The Hall–Kier alpha value is -3.01. The van der Waals surface area contributed by atoms with E-state index in [9.17, 15) is 9.59 Å². The number of amides is 1. The van der Waals surface area contributed by atoms with Crippen molar-refractivity contribution in [1.82, 2.24) is 19.4 Å². The number of carbonyl (C=O) groups is 1. The van der Waals surface area contributed by atoms with Crippen LogP contribution < -0.4 is 10.3 Å². The first kappa shape index (κ1) is 24.1. The Morgan fingerprint density at radius 3 is 2.53 bits per heavy atom. The third-order valence-corrected chi connectivity index (χ3v) is 6.36. The monoisotopic (exact) mass is 482 g/mol. The van der Waals surface area contributed by atoms with Gasteiger partial charge in [-0.05, 0) is 49.0 Å². The van der Waals surface area contributed by atoms with Gasteiger partial charge in [-0.25, -0.2) is 0 Å². The van der Waals surface area contributed by atoms with E-state index in [4.69, 9.17) is 21.7 Å². The first-order valence-electron chi connectivity index (χ1n) is 11.5. The molecule has 1 N–H and O–H groups in total. The molecule has 2 heterocycles. The summed E-state index contributed by atoms with van der Waals surface area (Å²) in [5.41, 5.74) is 0.983. The van der Waals surface area contributed by atoms with E-state index in [2.05, 4.69) is 9.88 Å². The Balaban J connectivity index is 1.36. The van der Waals surface area contributed by atoms with Crippen molar-refractivity contribution in [1.29, 1.82) is 0 Å². The summed E-state index contributed by atoms with van der Waals surface area (Å²) < 4.78 is 12.7. The van der Waals surface area contributed by atoms with Gasteiger partial charge in [-0.3, -0.25) is 19.1 Å². The zero-order valence-electron chi connectivity index (χ0n) is 19.4. The van der Waals surface area contributed by atoms with Crippen molar-refractivity contribution in [3.8, 4) is 5.75 Å². The Bertz CT molecular complexity index is 1230. The van der Waals surface area contributed by atoms with Crippen molar-refractivity contribution in [2.24, 2.45) is 0 Å². The molecule has 1 aliphatic rings. The summed E-state index contributed by atoms with van der Waals surface area (Å²) in [6.07, 6.45) is 0.695. The molecule has 2 aromatic carbocycles. The van der Waals surface area contributed by atoms with E-state index >= 15 is 0 Å². The number of nitrogens with one attached hydrogen (secondary N) is 1. The van der Waals surface area contributed by atoms with E-state index in [0.29, 0.717) is 60.5 Å². The third-order valence-electron chi connectivity index (χ3n) is 6.04. The molecule has 3 aromatic rings. The van der Waals surface area contributed by atoms with Crippen LogP contribution in [0.1, 0.15) is 16.8 Å². The minimum Gasteiger partial charge on any atom is -0.492 e. The molecule has 4 rings (SSSR count). The van der Waals surface area contributed by atoms with E-state index < -0.39 is 0 Å². The lowest BCUT2D eigenvalue weighted by Gasteiger charge is -2.34. The number of fused-ring (bicyclic) bond motifs is 1. The minimum atomic E-state index is -0.153. The van der Waals surface area contributed by atoms with E-state index in [1.807, 2.05) is 35.2 Å². The molecule has 0 aliphatic carbocycles. The van der Waals surface area contributed by atoms with Gasteiger partial charge in [0.05, 0.1) is 10.9 Å². The van der Waals surface area contributed by atoms with Crippen LogP contribution in [0, 0.1) is 4.77 Å². The first-order valence-corrected chi connectivity index (χ1v) is 11.9. The Morgan fingerprint density at radius 1 is 1.03 bits per heavy atom. The second-order valence-corrected chi connectivity index (χ2v) is 8.68. The molecule has 1 fully saturated rings. The van der Waals surface area contributed by atoms with Crippen LogP contribution in [0.3, 0.4) is 0 Å². The van der Waals surface area contributed by atoms with Crippen LogP contribution in [-0.4, -0.2) is 78.3 Å². The number of para-hydroxylation sites is 1. The fourth-order valence-corrected chi connectivity index (χ4v) is 4.41. The van der Waals surface area contributed by atoms with Gasteiger partial charge in [-0.1, -0.05) is 18.2 Å². The third kappa shape index (κ3) is 5.72. The van der Waals surface area contributed by atoms with Gasteiger partial charge in [-0.2, -0.15) is 0 Å². The Labute approximate surface area is 203 Å². The predicted molar refractivity (Wildman–Crippen MR) is 134 cm³/mol. The van der Waals surface area contributed by atoms with Gasteiger partial charge >= 0.3 is 0 Å². The van der Waals surface area contributed by atoms with Crippen LogP contribution >= 0.6 is 12.2 Å². The van der Waals surface area contributed by atoms with Gasteiger partial charge in [0.15, 0.2) is 4.77 Å². The van der Waals surface area contributed by atoms with Crippen LogP contribution in [0.25, 0.3) is 10.9 Å². The SMILES string of the molecule is COCCCn1c(=S)[nH]c2cc(C(=O)N3CCN(CCOc4ccccc4)CC3)ccc2c1=O. The van der Waals surface area contributed by atoms with Crippen molar-refractivity contribution in [3.05, 3.63) is 69.2 Å². The zero-order valence-corrected chi connectivity index (χ0v) is 20.2. The molecule has 1 aromatic heterocycles. The molecule has 1 saturated heterocycles. The van der Waals surface area contributed by atoms with Gasteiger partial charge < -0.3 is 19.4 Å². The number of rotatable bonds is 9. The summed E-state index contributed by atoms with van der Waals surface area (Å²) in [4.78, 5) is 33.2. The number of aromatic nitrogens is 2. The van der Waals surface area contributed by atoms with Crippen molar-refractivity contribution >= 4 is 29.0 Å². The number of aromatic amines is 1. The summed E-state index contributed by atoms with van der Waals surface area (Å²) in [5, 5.41) is 0.519. The maximum absolute atomic E-state index is 13.1. The molecule has 0 atom stereocenters. The first-order chi connectivity index (χ1) is 16.6. The van der Waals surface area contributed by atoms with Crippen LogP contribution in [0.5, 0.6) is 5.75 Å². The highest BCUT2D eigenvalue weighted by atomic mass is 32.1. The number of H-pyrrole nitrogens is 1. The van der Waals surface area contributed by atoms with Gasteiger partial charge in [0, 0.05) is 58.5 Å². The molecule has 180 valence electrons. The number of ether oxygens (including phenoxy) is 2. The molecule has 0 radical (unpaired) electrons. The predicted octanol–water partition coefficient (Wildman–Crippen LogP) is 2.93. The summed E-state index contributed by atoms with van der Waals surface area (Å²) >= 11 is 5.39. The maximum Gasteiger partial charge on any atom is 0.262 e. The van der Waals surface area contributed by atoms with Crippen LogP contribution in [0.2, 0.25) is 0 Å². The normalized spacial score (nSPS) is 14.4. The zero-order chi connectivity index (χ0) is 23.9. The number of hydrogen-bond donors (Lipinski definition) is 1. The summed E-state index contributed by atoms with van der Waals surface area (Å²) in [6, 6.07) is 14.9. The topological polar surface area (TPSA) is 79.8 Å². The summed E-state index contributed by atoms with van der Waals surface area (Å²) in [5.74, 6) is 0.832. The van der Waals surface area contributed by atoms with E-state index in [-0.39, 0.29) is 11.5 Å². The number of piperazine rings is 1. The standard InChI is InChI=1S/C25H30N4O4S/c1-32-16-5-10-29-24(31)21-9-8-19(18-22(21)26-25(29)34)23(30)28-13-11-27(12-14-28)15-17-33-20-6-3-2-4-7-20/h2-4,6-9,18H,5,10-17H2,1H3,(H,26,34). The molecule has 34 heavy (non-hydrogen) atoms. The molecular weight excluding hydrogens is 452 g/mol. The van der Waals surface area contributed by atoms with Crippen LogP contribution in [0.4, 0.5) is 0 Å². The minimum absolute atomic E-state index is 0.0364. The van der Waals surface area contributed by atoms with Crippen molar-refractivity contribution in [2.75, 3.05) is 53.0 Å². The van der Waals surface area contributed by atoms with Crippen LogP contribution in [0.15, 0.2) is 53.3 Å². The van der Waals surface area contributed by atoms with Gasteiger partial charge in [0.1, 0.15) is 12.4 Å². The fraction of sp³-hybridized carbons (Fsp3) is 0.400. The lowest BCUT2D eigenvalue weighted by atomic mass is 10.1. The fourth-order valence-electron chi connectivity index (χ4n) is 4.12. The number of carbonyl (C=O) groups excluding carboxylic acids is 1. The van der Waals surface area contributed by atoms with Crippen LogP contribution in [-0.2, 0) is 11.3 Å². The molecule has 1 aliphatic heterocycles. The van der Waals surface area contributed by atoms with E-state index in [0.717, 1.165) is 25.4 Å². The lowest BCUT2D eigenvalue weighted by molar-refractivity contribution is 0.0620. The summed E-state index contributed by atoms with van der Waals surface area (Å²) in [7, 11) is 1.63. The molecule has 0 spiro atoms. The summed E-state index contributed by atoms with van der Waals surface area (Å²) in [6.45, 7) is 5.38. The number of hydrogen-bond acceptors (Lipinski definition) is 6. The molecule has 0 bridgehead atoms. The van der Waals surface area contributed by atoms with Crippen molar-refractivity contribution in [3.63, 3.8) is 0 Å². The molecule has 0 unspecified atom stereocenters. The number of methoxy groups -OCH3 is 1. The molecule has 9 heteroatoms.